The summed E-state index contributed by atoms with van der Waals surface area (Å²) in [5.41, 5.74) is -1.00. The molecule has 0 fully saturated rings. The molecule has 0 spiro atoms. The molecule has 0 amide bonds. The summed E-state index contributed by atoms with van der Waals surface area (Å²) in [6, 6.07) is 0. The molecule has 0 aromatic rings. The normalized spacial score (nSPS) is 8.57. The molecule has 1 radical (unpaired) electrons. The second-order valence-electron chi connectivity index (χ2n) is 4.34. The molecule has 0 aliphatic carbocycles. The van der Waals surface area contributed by atoms with Crippen LogP contribution in [-0.2, 0) is 17.1 Å². The number of hydrogen-bond donors (Lipinski definition) is 2. The summed E-state index contributed by atoms with van der Waals surface area (Å²) in [7, 11) is 0. The standard InChI is InChI=1S/2C4H10O.3ClH.Fe/c2*1-4(2,3)5;;;;/h2*5H,1-3H3;3*1H;/q;;;;;+3/p-3. The van der Waals surface area contributed by atoms with Crippen LogP contribution in [0, 0.1) is 0 Å². The van der Waals surface area contributed by atoms with Gasteiger partial charge < -0.3 is 47.4 Å². The first-order valence-electron chi connectivity index (χ1n) is 3.45. The Morgan fingerprint density at radius 1 is 0.571 bits per heavy atom. The monoisotopic (exact) mass is 309 g/mol. The third-order valence-corrected chi connectivity index (χ3v) is 0. The average molecular weight is 310 g/mol. The van der Waals surface area contributed by atoms with Gasteiger partial charge in [0, 0.05) is 0 Å². The SMILES string of the molecule is CC(C)(C)O.CC(C)(C)O.[Cl-].[Cl-].[Cl-].[Fe+3]. The van der Waals surface area contributed by atoms with Crippen molar-refractivity contribution in [3.8, 4) is 0 Å². The summed E-state index contributed by atoms with van der Waals surface area (Å²) in [4.78, 5) is 0. The second-order valence-corrected chi connectivity index (χ2v) is 4.34. The van der Waals surface area contributed by atoms with Crippen molar-refractivity contribution in [3.63, 3.8) is 0 Å². The zero-order valence-electron chi connectivity index (χ0n) is 9.38. The molecular formula is C8H20Cl3FeO2. The first-order chi connectivity index (χ1) is 4.00. The minimum Gasteiger partial charge on any atom is -1.00 e. The number of halogens is 3. The van der Waals surface area contributed by atoms with Crippen molar-refractivity contribution >= 4 is 0 Å². The van der Waals surface area contributed by atoms with E-state index in [9.17, 15) is 0 Å². The third kappa shape index (κ3) is 1180. The third-order valence-electron chi connectivity index (χ3n) is 0. The summed E-state index contributed by atoms with van der Waals surface area (Å²) >= 11 is 0. The van der Waals surface area contributed by atoms with E-state index in [2.05, 4.69) is 0 Å². The second kappa shape index (κ2) is 14.3. The molecule has 0 aromatic carbocycles. The van der Waals surface area contributed by atoms with Crippen LogP contribution in [0.15, 0.2) is 0 Å². The van der Waals surface area contributed by atoms with Crippen LogP contribution >= 0.6 is 0 Å². The van der Waals surface area contributed by atoms with E-state index in [1.165, 1.54) is 0 Å². The van der Waals surface area contributed by atoms with E-state index < -0.39 is 11.2 Å². The predicted octanol–water partition coefficient (Wildman–Crippen LogP) is -7.44. The topological polar surface area (TPSA) is 40.5 Å². The molecule has 2 N–H and O–H groups in total. The Labute approximate surface area is 117 Å². The van der Waals surface area contributed by atoms with Gasteiger partial charge in [0.2, 0.25) is 0 Å². The zero-order valence-corrected chi connectivity index (χ0v) is 12.8. The number of hydrogen-bond acceptors (Lipinski definition) is 2. The van der Waals surface area contributed by atoms with Crippen molar-refractivity contribution in [2.24, 2.45) is 0 Å². The van der Waals surface area contributed by atoms with E-state index in [1.54, 1.807) is 41.5 Å². The fourth-order valence-corrected chi connectivity index (χ4v) is 0. The van der Waals surface area contributed by atoms with Crippen LogP contribution < -0.4 is 37.2 Å². The molecule has 0 aliphatic heterocycles. The van der Waals surface area contributed by atoms with Crippen LogP contribution in [0.4, 0.5) is 0 Å². The average Bonchev–Trinajstić information content (AvgIpc) is 1.12. The molecule has 0 saturated heterocycles. The summed E-state index contributed by atoms with van der Waals surface area (Å²) in [5.74, 6) is 0. The minimum absolute atomic E-state index is 0. The van der Waals surface area contributed by atoms with Crippen LogP contribution in [0.3, 0.4) is 0 Å². The van der Waals surface area contributed by atoms with E-state index in [0.717, 1.165) is 0 Å². The molecule has 0 aromatic heterocycles. The molecule has 0 heterocycles. The van der Waals surface area contributed by atoms with Crippen molar-refractivity contribution in [1.29, 1.82) is 0 Å². The molecule has 0 rings (SSSR count). The minimum atomic E-state index is -0.500. The molecule has 14 heavy (non-hydrogen) atoms. The molecule has 0 unspecified atom stereocenters. The quantitative estimate of drug-likeness (QED) is 0.437. The Balaban J connectivity index is -0.0000000178. The zero-order chi connectivity index (χ0) is 9.00. The van der Waals surface area contributed by atoms with E-state index in [1.807, 2.05) is 0 Å². The Hall–Kier alpha value is 1.31. The van der Waals surface area contributed by atoms with Gasteiger partial charge in [-0.05, 0) is 41.5 Å². The van der Waals surface area contributed by atoms with Gasteiger partial charge in [-0.3, -0.25) is 0 Å². The molecule has 6 heteroatoms. The van der Waals surface area contributed by atoms with Crippen molar-refractivity contribution in [2.75, 3.05) is 0 Å². The first kappa shape index (κ1) is 36.2. The summed E-state index contributed by atoms with van der Waals surface area (Å²) in [6.07, 6.45) is 0. The molecular weight excluding hydrogens is 290 g/mol. The largest absolute Gasteiger partial charge is 3.00 e. The van der Waals surface area contributed by atoms with Crippen molar-refractivity contribution in [1.82, 2.24) is 0 Å². The fourth-order valence-electron chi connectivity index (χ4n) is 0. The summed E-state index contributed by atoms with van der Waals surface area (Å²) in [5, 5.41) is 17.0. The maximum absolute atomic E-state index is 8.52. The van der Waals surface area contributed by atoms with Gasteiger partial charge in [-0.15, -0.1) is 0 Å². The maximum atomic E-state index is 8.52. The molecule has 0 atom stereocenters. The van der Waals surface area contributed by atoms with Gasteiger partial charge in [0.15, 0.2) is 0 Å². The van der Waals surface area contributed by atoms with Crippen molar-refractivity contribution in [2.45, 2.75) is 52.7 Å². The van der Waals surface area contributed by atoms with Gasteiger partial charge >= 0.3 is 17.1 Å². The van der Waals surface area contributed by atoms with Crippen LogP contribution in [0.2, 0.25) is 0 Å². The predicted molar refractivity (Wildman–Crippen MR) is 43.9 cm³/mol. The smallest absolute Gasteiger partial charge is 1.00 e. The Kier molecular flexibility index (Phi) is 37.0. The number of aliphatic hydroxyl groups is 2. The maximum Gasteiger partial charge on any atom is 3.00 e. The molecule has 0 aliphatic rings. The summed E-state index contributed by atoms with van der Waals surface area (Å²) in [6.45, 7) is 10.5. The van der Waals surface area contributed by atoms with Gasteiger partial charge in [0.25, 0.3) is 0 Å². The summed E-state index contributed by atoms with van der Waals surface area (Å²) < 4.78 is 0. The van der Waals surface area contributed by atoms with Crippen LogP contribution in [0.1, 0.15) is 41.5 Å². The Morgan fingerprint density at radius 3 is 0.571 bits per heavy atom. The van der Waals surface area contributed by atoms with E-state index in [-0.39, 0.29) is 54.3 Å². The molecule has 2 nitrogen and oxygen atoms in total. The Bertz CT molecular complexity index is 65.6. The van der Waals surface area contributed by atoms with Gasteiger partial charge in [0.1, 0.15) is 0 Å². The Morgan fingerprint density at radius 2 is 0.571 bits per heavy atom. The van der Waals surface area contributed by atoms with Crippen LogP contribution in [0.5, 0.6) is 0 Å². The van der Waals surface area contributed by atoms with E-state index >= 15 is 0 Å². The number of rotatable bonds is 0. The van der Waals surface area contributed by atoms with Gasteiger partial charge in [-0.2, -0.15) is 0 Å². The van der Waals surface area contributed by atoms with Gasteiger partial charge in [0.05, 0.1) is 11.2 Å². The molecule has 0 saturated carbocycles. The molecule has 0 bridgehead atoms. The van der Waals surface area contributed by atoms with Crippen molar-refractivity contribution in [3.05, 3.63) is 0 Å². The molecule has 93 valence electrons. The first-order valence-corrected chi connectivity index (χ1v) is 3.45. The van der Waals surface area contributed by atoms with Gasteiger partial charge in [-0.25, -0.2) is 0 Å². The fraction of sp³-hybridized carbons (Fsp3) is 1.00. The van der Waals surface area contributed by atoms with Gasteiger partial charge in [-0.1, -0.05) is 0 Å². The van der Waals surface area contributed by atoms with E-state index in [0.29, 0.717) is 0 Å². The van der Waals surface area contributed by atoms with Crippen LogP contribution in [-0.4, -0.2) is 21.4 Å². The van der Waals surface area contributed by atoms with Crippen LogP contribution in [0.25, 0.3) is 0 Å². The van der Waals surface area contributed by atoms with Crippen molar-refractivity contribution < 1.29 is 64.5 Å². The van der Waals surface area contributed by atoms with E-state index in [4.69, 9.17) is 10.2 Å².